The highest BCUT2D eigenvalue weighted by molar-refractivity contribution is 8.14. The molecule has 0 aromatic heterocycles. The van der Waals surface area contributed by atoms with Crippen LogP contribution in [0.3, 0.4) is 0 Å². The van der Waals surface area contributed by atoms with Crippen LogP contribution in [0.25, 0.3) is 10.8 Å². The molecule has 1 unspecified atom stereocenters. The van der Waals surface area contributed by atoms with Gasteiger partial charge >= 0.3 is 0 Å². The van der Waals surface area contributed by atoms with E-state index in [0.29, 0.717) is 18.0 Å². The Hall–Kier alpha value is -1.52. The first kappa shape index (κ1) is 14.4. The lowest BCUT2D eigenvalue weighted by atomic mass is 10.1. The van der Waals surface area contributed by atoms with Crippen LogP contribution < -0.4 is 4.90 Å². The van der Waals surface area contributed by atoms with Gasteiger partial charge in [-0.2, -0.15) is 0 Å². The van der Waals surface area contributed by atoms with Crippen molar-refractivity contribution in [3.05, 3.63) is 41.4 Å². The topological polar surface area (TPSA) is 37.4 Å². The Labute approximate surface area is 132 Å². The van der Waals surface area contributed by atoms with Crippen molar-refractivity contribution in [2.75, 3.05) is 11.4 Å². The van der Waals surface area contributed by atoms with Crippen LogP contribution in [0.5, 0.6) is 0 Å². The smallest absolute Gasteiger partial charge is 0.228 e. The summed E-state index contributed by atoms with van der Waals surface area (Å²) in [6.45, 7) is 2.08. The second kappa shape index (κ2) is 5.70. The number of hydrogen-bond acceptors (Lipinski definition) is 3. The SMILES string of the molecule is CC(=O)SC1CC(=O)N(c2cccc3cccc(Cl)c23)C1. The minimum Gasteiger partial charge on any atom is -0.311 e. The van der Waals surface area contributed by atoms with Gasteiger partial charge in [0.2, 0.25) is 5.91 Å². The number of carbonyl (C=O) groups is 2. The van der Waals surface area contributed by atoms with Gasteiger partial charge in [0.25, 0.3) is 0 Å². The average Bonchev–Trinajstić information content (AvgIpc) is 2.78. The predicted octanol–water partition coefficient (Wildman–Crippen LogP) is 3.88. The molecule has 0 radical (unpaired) electrons. The molecule has 1 aliphatic heterocycles. The molecule has 0 bridgehead atoms. The Morgan fingerprint density at radius 2 is 2.00 bits per heavy atom. The van der Waals surface area contributed by atoms with E-state index in [1.807, 2.05) is 36.4 Å². The minimum atomic E-state index is 0.0211. The second-order valence-electron chi connectivity index (χ2n) is 5.05. The van der Waals surface area contributed by atoms with Gasteiger partial charge in [-0.25, -0.2) is 0 Å². The van der Waals surface area contributed by atoms with Crippen molar-refractivity contribution in [2.24, 2.45) is 0 Å². The van der Waals surface area contributed by atoms with Crippen molar-refractivity contribution >= 4 is 50.8 Å². The second-order valence-corrected chi connectivity index (χ2v) is 6.94. The lowest BCUT2D eigenvalue weighted by Gasteiger charge is -2.19. The van der Waals surface area contributed by atoms with Gasteiger partial charge in [-0.05, 0) is 17.5 Å². The summed E-state index contributed by atoms with van der Waals surface area (Å²) in [6.07, 6.45) is 0.394. The Balaban J connectivity index is 2.01. The van der Waals surface area contributed by atoms with E-state index in [-0.39, 0.29) is 16.3 Å². The van der Waals surface area contributed by atoms with Crippen LogP contribution in [0.15, 0.2) is 36.4 Å². The zero-order valence-corrected chi connectivity index (χ0v) is 13.1. The van der Waals surface area contributed by atoms with E-state index in [1.54, 1.807) is 4.90 Å². The van der Waals surface area contributed by atoms with Crippen LogP contribution in [0.1, 0.15) is 13.3 Å². The molecule has 5 heteroatoms. The maximum Gasteiger partial charge on any atom is 0.228 e. The zero-order chi connectivity index (χ0) is 15.0. The quantitative estimate of drug-likeness (QED) is 0.843. The van der Waals surface area contributed by atoms with Crippen LogP contribution in [0, 0.1) is 0 Å². The molecule has 2 aromatic rings. The molecule has 1 aliphatic rings. The van der Waals surface area contributed by atoms with E-state index in [9.17, 15) is 9.59 Å². The monoisotopic (exact) mass is 319 g/mol. The molecule has 1 saturated heterocycles. The third kappa shape index (κ3) is 2.78. The number of carbonyl (C=O) groups excluding carboxylic acids is 2. The highest BCUT2D eigenvalue weighted by Crippen LogP contribution is 2.36. The summed E-state index contributed by atoms with van der Waals surface area (Å²) in [5.74, 6) is 0.0427. The van der Waals surface area contributed by atoms with Gasteiger partial charge in [-0.15, -0.1) is 0 Å². The van der Waals surface area contributed by atoms with Crippen LogP contribution in [-0.2, 0) is 9.59 Å². The third-order valence-electron chi connectivity index (χ3n) is 3.54. The lowest BCUT2D eigenvalue weighted by Crippen LogP contribution is -2.25. The number of amides is 1. The first-order valence-electron chi connectivity index (χ1n) is 6.71. The number of hydrogen-bond donors (Lipinski definition) is 0. The molecule has 2 aromatic carbocycles. The summed E-state index contributed by atoms with van der Waals surface area (Å²) >= 11 is 7.55. The molecule has 0 saturated carbocycles. The van der Waals surface area contributed by atoms with Crippen LogP contribution in [0.2, 0.25) is 5.02 Å². The van der Waals surface area contributed by atoms with E-state index in [2.05, 4.69) is 0 Å². The normalized spacial score (nSPS) is 18.5. The maximum absolute atomic E-state index is 12.3. The minimum absolute atomic E-state index is 0.0211. The number of anilines is 1. The van der Waals surface area contributed by atoms with E-state index in [4.69, 9.17) is 11.6 Å². The van der Waals surface area contributed by atoms with Gasteiger partial charge in [0, 0.05) is 30.5 Å². The number of nitrogens with zero attached hydrogens (tertiary/aromatic N) is 1. The third-order valence-corrected chi connectivity index (χ3v) is 4.84. The van der Waals surface area contributed by atoms with Gasteiger partial charge in [-0.1, -0.05) is 47.6 Å². The van der Waals surface area contributed by atoms with E-state index >= 15 is 0 Å². The van der Waals surface area contributed by atoms with Crippen LogP contribution >= 0.6 is 23.4 Å². The van der Waals surface area contributed by atoms with Crippen molar-refractivity contribution < 1.29 is 9.59 Å². The number of benzene rings is 2. The summed E-state index contributed by atoms with van der Waals surface area (Å²) in [7, 11) is 0. The number of fused-ring (bicyclic) bond motifs is 1. The molecule has 1 atom stereocenters. The van der Waals surface area contributed by atoms with E-state index < -0.39 is 0 Å². The average molecular weight is 320 g/mol. The summed E-state index contributed by atoms with van der Waals surface area (Å²) < 4.78 is 0. The molecule has 3 rings (SSSR count). The molecule has 1 fully saturated rings. The summed E-state index contributed by atoms with van der Waals surface area (Å²) in [4.78, 5) is 25.3. The number of thioether (sulfide) groups is 1. The van der Waals surface area contributed by atoms with E-state index in [1.165, 1.54) is 18.7 Å². The largest absolute Gasteiger partial charge is 0.311 e. The van der Waals surface area contributed by atoms with Crippen LogP contribution in [0.4, 0.5) is 5.69 Å². The van der Waals surface area contributed by atoms with Crippen molar-refractivity contribution in [1.82, 2.24) is 0 Å². The first-order chi connectivity index (χ1) is 10.1. The summed E-state index contributed by atoms with van der Waals surface area (Å²) in [5.41, 5.74) is 0.828. The lowest BCUT2D eigenvalue weighted by molar-refractivity contribution is -0.117. The molecule has 108 valence electrons. The molecule has 3 nitrogen and oxygen atoms in total. The highest BCUT2D eigenvalue weighted by Gasteiger charge is 2.32. The number of rotatable bonds is 2. The summed E-state index contributed by atoms with van der Waals surface area (Å²) in [5, 5.41) is 2.61. The first-order valence-corrected chi connectivity index (χ1v) is 7.97. The molecular formula is C16H14ClNO2S. The fourth-order valence-electron chi connectivity index (χ4n) is 2.72. The van der Waals surface area contributed by atoms with Gasteiger partial charge in [-0.3, -0.25) is 9.59 Å². The van der Waals surface area contributed by atoms with Crippen molar-refractivity contribution in [1.29, 1.82) is 0 Å². The highest BCUT2D eigenvalue weighted by atomic mass is 35.5. The Morgan fingerprint density at radius 1 is 1.29 bits per heavy atom. The van der Waals surface area contributed by atoms with Crippen molar-refractivity contribution in [3.8, 4) is 0 Å². The molecule has 0 aliphatic carbocycles. The molecule has 1 heterocycles. The predicted molar refractivity (Wildman–Crippen MR) is 88.0 cm³/mol. The summed E-state index contributed by atoms with van der Waals surface area (Å²) in [6, 6.07) is 11.5. The molecular weight excluding hydrogens is 306 g/mol. The molecule has 1 amide bonds. The van der Waals surface area contributed by atoms with Crippen molar-refractivity contribution in [3.63, 3.8) is 0 Å². The Morgan fingerprint density at radius 3 is 2.71 bits per heavy atom. The van der Waals surface area contributed by atoms with Crippen LogP contribution in [-0.4, -0.2) is 22.8 Å². The number of halogens is 1. The van der Waals surface area contributed by atoms with E-state index in [0.717, 1.165) is 16.5 Å². The van der Waals surface area contributed by atoms with Gasteiger partial charge in [0.1, 0.15) is 0 Å². The Bertz CT molecular complexity index is 726. The fraction of sp³-hybridized carbons (Fsp3) is 0.250. The van der Waals surface area contributed by atoms with Crippen molar-refractivity contribution in [2.45, 2.75) is 18.6 Å². The standard InChI is InChI=1S/C16H14ClNO2S/c1-10(19)21-12-8-15(20)18(9-12)14-7-3-5-11-4-2-6-13(17)16(11)14/h2-7,12H,8-9H2,1H3. The fourth-order valence-corrected chi connectivity index (χ4v) is 3.92. The molecule has 0 N–H and O–H groups in total. The maximum atomic E-state index is 12.3. The van der Waals surface area contributed by atoms with Gasteiger partial charge in [0.05, 0.1) is 10.7 Å². The Kier molecular flexibility index (Phi) is 3.91. The van der Waals surface area contributed by atoms with Gasteiger partial charge in [0.15, 0.2) is 5.12 Å². The molecule has 0 spiro atoms. The van der Waals surface area contributed by atoms with Gasteiger partial charge < -0.3 is 4.90 Å². The zero-order valence-electron chi connectivity index (χ0n) is 11.5. The molecule has 21 heavy (non-hydrogen) atoms.